The topological polar surface area (TPSA) is 103 Å². The number of benzene rings is 2. The number of anilines is 1. The zero-order valence-corrected chi connectivity index (χ0v) is 16.0. The number of amides is 1. The monoisotopic (exact) mass is 405 g/mol. The lowest BCUT2D eigenvalue weighted by molar-refractivity contribution is -0.385. The fraction of sp³-hybridized carbons (Fsp3) is 0.150. The molecule has 0 saturated carbocycles. The van der Waals surface area contributed by atoms with Crippen LogP contribution in [0.1, 0.15) is 28.0 Å². The van der Waals surface area contributed by atoms with Crippen molar-refractivity contribution in [3.05, 3.63) is 75.5 Å². The highest BCUT2D eigenvalue weighted by Crippen LogP contribution is 2.34. The normalized spacial score (nSPS) is 12.8. The Morgan fingerprint density at radius 2 is 1.93 bits per heavy atom. The number of aromatic nitrogens is 3. The van der Waals surface area contributed by atoms with Gasteiger partial charge in [0, 0.05) is 11.6 Å². The molecule has 0 fully saturated rings. The maximum atomic E-state index is 12.9. The molecule has 5 rings (SSSR count). The van der Waals surface area contributed by atoms with Crippen LogP contribution >= 0.6 is 11.3 Å². The Morgan fingerprint density at radius 1 is 1.14 bits per heavy atom. The zero-order chi connectivity index (χ0) is 20.0. The molecule has 0 bridgehead atoms. The van der Waals surface area contributed by atoms with E-state index in [4.69, 9.17) is 0 Å². The van der Waals surface area contributed by atoms with Crippen molar-refractivity contribution in [1.29, 1.82) is 0 Å². The molecular formula is C20H15N5O3S. The highest BCUT2D eigenvalue weighted by Gasteiger charge is 2.27. The van der Waals surface area contributed by atoms with E-state index < -0.39 is 10.8 Å². The fourth-order valence-electron chi connectivity index (χ4n) is 3.61. The van der Waals surface area contributed by atoms with Gasteiger partial charge in [0.25, 0.3) is 11.6 Å². The molecule has 0 unspecified atom stereocenters. The number of thiazole rings is 1. The third kappa shape index (κ3) is 2.95. The molecule has 1 amide bonds. The molecular weight excluding hydrogens is 390 g/mol. The van der Waals surface area contributed by atoms with Crippen molar-refractivity contribution >= 4 is 39.0 Å². The van der Waals surface area contributed by atoms with Gasteiger partial charge in [-0.15, -0.1) is 0 Å². The summed E-state index contributed by atoms with van der Waals surface area (Å²) in [4.78, 5) is 28.3. The van der Waals surface area contributed by atoms with Crippen LogP contribution in [0.15, 0.2) is 48.5 Å². The molecule has 0 radical (unpaired) electrons. The third-order valence-corrected chi connectivity index (χ3v) is 5.96. The van der Waals surface area contributed by atoms with E-state index in [1.54, 1.807) is 10.7 Å². The van der Waals surface area contributed by atoms with Crippen LogP contribution in [-0.4, -0.2) is 25.6 Å². The molecule has 1 aliphatic carbocycles. The minimum absolute atomic E-state index is 0.0151. The predicted molar refractivity (Wildman–Crippen MR) is 110 cm³/mol. The number of rotatable bonds is 4. The Morgan fingerprint density at radius 3 is 2.76 bits per heavy atom. The summed E-state index contributed by atoms with van der Waals surface area (Å²) < 4.78 is 2.68. The Kier molecular flexibility index (Phi) is 4.09. The van der Waals surface area contributed by atoms with E-state index in [1.165, 1.54) is 29.5 Å². The fourth-order valence-corrected chi connectivity index (χ4v) is 4.53. The van der Waals surface area contributed by atoms with Gasteiger partial charge in [0.2, 0.25) is 5.13 Å². The quantitative estimate of drug-likeness (QED) is 0.406. The molecule has 1 aliphatic rings. The maximum Gasteiger partial charge on any atom is 0.282 e. The van der Waals surface area contributed by atoms with Crippen LogP contribution in [0.5, 0.6) is 0 Å². The number of fused-ring (bicyclic) bond motifs is 2. The number of nitro benzene ring substituents is 1. The smallest absolute Gasteiger partial charge is 0.282 e. The lowest BCUT2D eigenvalue weighted by atomic mass is 10.1. The minimum atomic E-state index is -0.551. The molecule has 29 heavy (non-hydrogen) atoms. The maximum absolute atomic E-state index is 12.9. The molecule has 144 valence electrons. The average Bonchev–Trinajstić information content (AvgIpc) is 3.42. The molecule has 9 heteroatoms. The summed E-state index contributed by atoms with van der Waals surface area (Å²) in [7, 11) is 0. The van der Waals surface area contributed by atoms with Gasteiger partial charge >= 0.3 is 0 Å². The van der Waals surface area contributed by atoms with Crippen molar-refractivity contribution in [3.8, 4) is 5.13 Å². The van der Waals surface area contributed by atoms with E-state index in [9.17, 15) is 14.9 Å². The second kappa shape index (κ2) is 6.78. The van der Waals surface area contributed by atoms with Crippen LogP contribution in [0.3, 0.4) is 0 Å². The van der Waals surface area contributed by atoms with Gasteiger partial charge in [-0.05, 0) is 37.5 Å². The molecule has 2 heterocycles. The molecule has 2 aromatic carbocycles. The first-order valence-electron chi connectivity index (χ1n) is 9.13. The van der Waals surface area contributed by atoms with Gasteiger partial charge in [-0.2, -0.15) is 9.78 Å². The molecule has 0 spiro atoms. The summed E-state index contributed by atoms with van der Waals surface area (Å²) in [5, 5.41) is 19.5. The van der Waals surface area contributed by atoms with E-state index in [0.29, 0.717) is 10.9 Å². The molecule has 8 nitrogen and oxygen atoms in total. The number of aryl methyl sites for hydroxylation is 1. The van der Waals surface area contributed by atoms with E-state index >= 15 is 0 Å². The zero-order valence-electron chi connectivity index (χ0n) is 15.2. The second-order valence-electron chi connectivity index (χ2n) is 6.73. The summed E-state index contributed by atoms with van der Waals surface area (Å²) >= 11 is 1.48. The van der Waals surface area contributed by atoms with E-state index in [2.05, 4.69) is 15.4 Å². The van der Waals surface area contributed by atoms with Crippen molar-refractivity contribution < 1.29 is 9.72 Å². The lowest BCUT2D eigenvalue weighted by Gasteiger charge is -2.09. The van der Waals surface area contributed by atoms with Crippen LogP contribution in [0.2, 0.25) is 0 Å². The molecule has 0 aliphatic heterocycles. The predicted octanol–water partition coefficient (Wildman–Crippen LogP) is 4.13. The Hall–Kier alpha value is -3.59. The number of nitrogens with one attached hydrogen (secondary N) is 1. The highest BCUT2D eigenvalue weighted by atomic mass is 32.1. The van der Waals surface area contributed by atoms with Gasteiger partial charge in [0.15, 0.2) is 0 Å². The van der Waals surface area contributed by atoms with Crippen LogP contribution in [0.4, 0.5) is 11.5 Å². The summed E-state index contributed by atoms with van der Waals surface area (Å²) in [6.07, 6.45) is 2.60. The third-order valence-electron chi connectivity index (χ3n) is 4.95. The Balaban J connectivity index is 1.59. The van der Waals surface area contributed by atoms with Gasteiger partial charge < -0.3 is 5.32 Å². The molecule has 0 saturated heterocycles. The molecule has 2 aromatic heterocycles. The average molecular weight is 405 g/mol. The molecule has 4 aromatic rings. The minimum Gasteiger partial charge on any atom is -0.306 e. The number of carbonyl (C=O) groups excluding carboxylic acids is 1. The van der Waals surface area contributed by atoms with Crippen molar-refractivity contribution in [2.75, 3.05) is 5.32 Å². The van der Waals surface area contributed by atoms with E-state index in [0.717, 1.165) is 40.7 Å². The summed E-state index contributed by atoms with van der Waals surface area (Å²) in [5.74, 6) is 0.00830. The van der Waals surface area contributed by atoms with Gasteiger partial charge in [-0.3, -0.25) is 14.9 Å². The van der Waals surface area contributed by atoms with Crippen molar-refractivity contribution in [1.82, 2.24) is 14.8 Å². The SMILES string of the molecule is O=C(Nc1c2c(nn1-c1nc3ccccc3s1)CCC2)c1ccccc1[N+](=O)[O-]. The number of nitrogens with zero attached hydrogens (tertiary/aromatic N) is 4. The number of hydrogen-bond acceptors (Lipinski definition) is 6. The van der Waals surface area contributed by atoms with Gasteiger partial charge in [0.05, 0.1) is 20.8 Å². The van der Waals surface area contributed by atoms with Crippen molar-refractivity contribution in [2.24, 2.45) is 0 Å². The molecule has 0 atom stereocenters. The largest absolute Gasteiger partial charge is 0.306 e. The van der Waals surface area contributed by atoms with E-state index in [-0.39, 0.29) is 11.3 Å². The number of hydrogen-bond donors (Lipinski definition) is 1. The summed E-state index contributed by atoms with van der Waals surface area (Å²) in [6, 6.07) is 13.7. The first-order valence-corrected chi connectivity index (χ1v) is 9.95. The van der Waals surface area contributed by atoms with Crippen molar-refractivity contribution in [2.45, 2.75) is 19.3 Å². The van der Waals surface area contributed by atoms with Gasteiger partial charge in [0.1, 0.15) is 11.4 Å². The lowest BCUT2D eigenvalue weighted by Crippen LogP contribution is -2.17. The summed E-state index contributed by atoms with van der Waals surface area (Å²) in [5.41, 5.74) is 2.55. The van der Waals surface area contributed by atoms with Crippen LogP contribution < -0.4 is 5.32 Å². The second-order valence-corrected chi connectivity index (χ2v) is 7.74. The number of nitro groups is 1. The number of carbonyl (C=O) groups is 1. The van der Waals surface area contributed by atoms with Crippen LogP contribution in [0.25, 0.3) is 15.3 Å². The highest BCUT2D eigenvalue weighted by molar-refractivity contribution is 7.20. The first kappa shape index (κ1) is 17.5. The van der Waals surface area contributed by atoms with Crippen molar-refractivity contribution in [3.63, 3.8) is 0 Å². The van der Waals surface area contributed by atoms with E-state index in [1.807, 2.05) is 24.3 Å². The van der Waals surface area contributed by atoms with Gasteiger partial charge in [-0.25, -0.2) is 4.98 Å². The van der Waals surface area contributed by atoms with Gasteiger partial charge in [-0.1, -0.05) is 35.6 Å². The Bertz CT molecular complexity index is 1240. The Labute approximate surface area is 169 Å². The standard InChI is InChI=1S/C20H15N5O3S/c26-19(13-6-1-3-10-16(13)25(27)28)22-18-12-7-5-9-14(12)23-24(18)20-21-15-8-2-4-11-17(15)29-20/h1-4,6,8,10-11H,5,7,9H2,(H,22,26). The molecule has 1 N–H and O–H groups in total. The summed E-state index contributed by atoms with van der Waals surface area (Å²) in [6.45, 7) is 0. The number of para-hydroxylation sites is 2. The van der Waals surface area contributed by atoms with Crippen LogP contribution in [-0.2, 0) is 12.8 Å². The van der Waals surface area contributed by atoms with Crippen LogP contribution in [0, 0.1) is 10.1 Å². The first-order chi connectivity index (χ1) is 14.1.